The van der Waals surface area contributed by atoms with Crippen molar-refractivity contribution in [1.29, 1.82) is 0 Å². The summed E-state index contributed by atoms with van der Waals surface area (Å²) in [5.41, 5.74) is 1.04. The molecular weight excluding hydrogens is 304 g/mol. The molecule has 22 heavy (non-hydrogen) atoms. The standard InChI is InChI=1S/C15H16N2O4S/c1-3-21-11-6-4-10(5-7-11)16-15(19)17-12-8-9-22-13(12)14(18)20-2/h4-9H,3H2,1-2H3,(H2,16,17,19). The van der Waals surface area contributed by atoms with Crippen molar-refractivity contribution in [2.24, 2.45) is 0 Å². The van der Waals surface area contributed by atoms with Crippen molar-refractivity contribution in [3.63, 3.8) is 0 Å². The lowest BCUT2D eigenvalue weighted by Crippen LogP contribution is -2.20. The highest BCUT2D eigenvalue weighted by Crippen LogP contribution is 2.23. The molecular formula is C15H16N2O4S. The summed E-state index contributed by atoms with van der Waals surface area (Å²) in [6, 6.07) is 8.22. The number of benzene rings is 1. The van der Waals surface area contributed by atoms with Crippen LogP contribution in [0.4, 0.5) is 16.2 Å². The lowest BCUT2D eigenvalue weighted by atomic mass is 10.3. The van der Waals surface area contributed by atoms with Crippen LogP contribution in [0.1, 0.15) is 16.6 Å². The maximum Gasteiger partial charge on any atom is 0.350 e. The molecule has 2 amide bonds. The Bertz CT molecular complexity index is 652. The van der Waals surface area contributed by atoms with Gasteiger partial charge in [0, 0.05) is 5.69 Å². The summed E-state index contributed by atoms with van der Waals surface area (Å²) in [4.78, 5) is 23.8. The molecule has 0 aliphatic carbocycles. The highest BCUT2D eigenvalue weighted by atomic mass is 32.1. The van der Waals surface area contributed by atoms with E-state index in [4.69, 9.17) is 4.74 Å². The molecule has 0 fully saturated rings. The van der Waals surface area contributed by atoms with Gasteiger partial charge in [-0.25, -0.2) is 9.59 Å². The molecule has 7 heteroatoms. The molecule has 0 unspecified atom stereocenters. The van der Waals surface area contributed by atoms with Crippen LogP contribution in [0.25, 0.3) is 0 Å². The number of ether oxygens (including phenoxy) is 2. The molecule has 1 aromatic heterocycles. The molecule has 0 saturated carbocycles. The van der Waals surface area contributed by atoms with Crippen molar-refractivity contribution >= 4 is 34.7 Å². The van der Waals surface area contributed by atoms with Crippen molar-refractivity contribution < 1.29 is 19.1 Å². The van der Waals surface area contributed by atoms with Crippen LogP contribution in [-0.4, -0.2) is 25.7 Å². The Kier molecular flexibility index (Phi) is 5.37. The molecule has 2 rings (SSSR count). The minimum Gasteiger partial charge on any atom is -0.494 e. The summed E-state index contributed by atoms with van der Waals surface area (Å²) in [6.45, 7) is 2.49. The topological polar surface area (TPSA) is 76.7 Å². The van der Waals surface area contributed by atoms with Gasteiger partial charge in [-0.15, -0.1) is 11.3 Å². The third-order valence-electron chi connectivity index (χ3n) is 2.71. The first kappa shape index (κ1) is 15.8. The molecule has 0 radical (unpaired) electrons. The fraction of sp³-hybridized carbons (Fsp3) is 0.200. The van der Waals surface area contributed by atoms with Gasteiger partial charge in [0.05, 0.1) is 19.4 Å². The first-order chi connectivity index (χ1) is 10.6. The van der Waals surface area contributed by atoms with Gasteiger partial charge in [-0.05, 0) is 42.6 Å². The van der Waals surface area contributed by atoms with Crippen LogP contribution in [-0.2, 0) is 4.74 Å². The van der Waals surface area contributed by atoms with Crippen LogP contribution in [0.3, 0.4) is 0 Å². The number of carbonyl (C=O) groups is 2. The van der Waals surface area contributed by atoms with Gasteiger partial charge in [-0.2, -0.15) is 0 Å². The van der Waals surface area contributed by atoms with E-state index >= 15 is 0 Å². The van der Waals surface area contributed by atoms with E-state index < -0.39 is 12.0 Å². The van der Waals surface area contributed by atoms with Crippen LogP contribution in [0, 0.1) is 0 Å². The Morgan fingerprint density at radius 3 is 2.50 bits per heavy atom. The SMILES string of the molecule is CCOc1ccc(NC(=O)Nc2ccsc2C(=O)OC)cc1. The average Bonchev–Trinajstić information content (AvgIpc) is 2.96. The normalized spacial score (nSPS) is 9.91. The van der Waals surface area contributed by atoms with E-state index in [1.807, 2.05) is 6.92 Å². The Morgan fingerprint density at radius 1 is 1.14 bits per heavy atom. The predicted molar refractivity (Wildman–Crippen MR) is 85.9 cm³/mol. The molecule has 0 aliphatic heterocycles. The van der Waals surface area contributed by atoms with Gasteiger partial charge < -0.3 is 20.1 Å². The highest BCUT2D eigenvalue weighted by molar-refractivity contribution is 7.12. The minimum absolute atomic E-state index is 0.351. The van der Waals surface area contributed by atoms with Gasteiger partial charge in [-0.3, -0.25) is 0 Å². The quantitative estimate of drug-likeness (QED) is 0.826. The third-order valence-corrected chi connectivity index (χ3v) is 3.60. The van der Waals surface area contributed by atoms with Crippen molar-refractivity contribution in [3.05, 3.63) is 40.6 Å². The number of thiophene rings is 1. The van der Waals surface area contributed by atoms with Crippen molar-refractivity contribution in [2.45, 2.75) is 6.92 Å². The van der Waals surface area contributed by atoms with Crippen molar-refractivity contribution in [3.8, 4) is 5.75 Å². The molecule has 2 aromatic rings. The monoisotopic (exact) mass is 320 g/mol. The zero-order chi connectivity index (χ0) is 15.9. The van der Waals surface area contributed by atoms with Gasteiger partial charge in [0.15, 0.2) is 0 Å². The van der Waals surface area contributed by atoms with Gasteiger partial charge in [0.2, 0.25) is 0 Å². The number of hydrogen-bond donors (Lipinski definition) is 2. The lowest BCUT2D eigenvalue weighted by molar-refractivity contribution is 0.0607. The van der Waals surface area contributed by atoms with Gasteiger partial charge >= 0.3 is 12.0 Å². The van der Waals surface area contributed by atoms with Crippen LogP contribution in [0.5, 0.6) is 5.75 Å². The number of esters is 1. The largest absolute Gasteiger partial charge is 0.494 e. The molecule has 0 atom stereocenters. The summed E-state index contributed by atoms with van der Waals surface area (Å²) in [5, 5.41) is 7.01. The van der Waals surface area contributed by atoms with E-state index in [-0.39, 0.29) is 0 Å². The van der Waals surface area contributed by atoms with Gasteiger partial charge in [0.25, 0.3) is 0 Å². The number of methoxy groups -OCH3 is 1. The van der Waals surface area contributed by atoms with Crippen LogP contribution in [0.2, 0.25) is 0 Å². The predicted octanol–water partition coefficient (Wildman–Crippen LogP) is 3.58. The van der Waals surface area contributed by atoms with Crippen LogP contribution in [0.15, 0.2) is 35.7 Å². The van der Waals surface area contributed by atoms with Crippen LogP contribution >= 0.6 is 11.3 Å². The molecule has 0 saturated heterocycles. The number of carbonyl (C=O) groups excluding carboxylic acids is 2. The average molecular weight is 320 g/mol. The second kappa shape index (κ2) is 7.46. The van der Waals surface area contributed by atoms with E-state index in [1.54, 1.807) is 35.7 Å². The number of anilines is 2. The zero-order valence-electron chi connectivity index (χ0n) is 12.2. The van der Waals surface area contributed by atoms with E-state index in [1.165, 1.54) is 18.4 Å². The minimum atomic E-state index is -0.480. The Balaban J connectivity index is 1.98. The molecule has 6 nitrogen and oxygen atoms in total. The number of amides is 2. The van der Waals surface area contributed by atoms with Gasteiger partial charge in [0.1, 0.15) is 10.6 Å². The summed E-state index contributed by atoms with van der Waals surface area (Å²) in [5.74, 6) is 0.255. The van der Waals surface area contributed by atoms with Crippen molar-refractivity contribution in [2.75, 3.05) is 24.4 Å². The second-order valence-electron chi connectivity index (χ2n) is 4.19. The highest BCUT2D eigenvalue weighted by Gasteiger charge is 2.15. The Morgan fingerprint density at radius 2 is 1.86 bits per heavy atom. The molecule has 2 N–H and O–H groups in total. The maximum atomic E-state index is 12.0. The fourth-order valence-electron chi connectivity index (χ4n) is 1.74. The number of rotatable bonds is 5. The first-order valence-electron chi connectivity index (χ1n) is 6.60. The number of nitrogens with one attached hydrogen (secondary N) is 2. The molecule has 1 aromatic carbocycles. The second-order valence-corrected chi connectivity index (χ2v) is 5.11. The molecule has 1 heterocycles. The molecule has 116 valence electrons. The van der Waals surface area contributed by atoms with E-state index in [9.17, 15) is 9.59 Å². The van der Waals surface area contributed by atoms with E-state index in [0.29, 0.717) is 22.9 Å². The van der Waals surface area contributed by atoms with Crippen molar-refractivity contribution in [1.82, 2.24) is 0 Å². The first-order valence-corrected chi connectivity index (χ1v) is 7.48. The summed E-state index contributed by atoms with van der Waals surface area (Å²) < 4.78 is 9.98. The summed E-state index contributed by atoms with van der Waals surface area (Å²) >= 11 is 1.20. The third kappa shape index (κ3) is 3.98. The Labute approximate surface area is 132 Å². The van der Waals surface area contributed by atoms with E-state index in [0.717, 1.165) is 5.75 Å². The Hall–Kier alpha value is -2.54. The smallest absolute Gasteiger partial charge is 0.350 e. The summed E-state index contributed by atoms with van der Waals surface area (Å²) in [7, 11) is 1.30. The summed E-state index contributed by atoms with van der Waals surface area (Å²) in [6.07, 6.45) is 0. The lowest BCUT2D eigenvalue weighted by Gasteiger charge is -2.09. The molecule has 0 spiro atoms. The number of urea groups is 1. The van der Waals surface area contributed by atoms with Gasteiger partial charge in [-0.1, -0.05) is 0 Å². The maximum absolute atomic E-state index is 12.0. The molecule has 0 bridgehead atoms. The van der Waals surface area contributed by atoms with Crippen LogP contribution < -0.4 is 15.4 Å². The molecule has 0 aliphatic rings. The fourth-order valence-corrected chi connectivity index (χ4v) is 2.51. The zero-order valence-corrected chi connectivity index (χ0v) is 13.0. The van der Waals surface area contributed by atoms with E-state index in [2.05, 4.69) is 15.4 Å². The number of hydrogen-bond acceptors (Lipinski definition) is 5.